The second-order valence-corrected chi connectivity index (χ2v) is 6.90. The number of benzene rings is 2. The third-order valence-corrected chi connectivity index (χ3v) is 5.04. The monoisotopic (exact) mass is 347 g/mol. The fraction of sp³-hybridized carbons (Fsp3) is 0.100. The van der Waals surface area contributed by atoms with Gasteiger partial charge < -0.3 is 10.4 Å². The van der Waals surface area contributed by atoms with E-state index in [0.29, 0.717) is 0 Å². The summed E-state index contributed by atoms with van der Waals surface area (Å²) >= 11 is 1.61. The Balaban J connectivity index is 1.87. The Morgan fingerprint density at radius 2 is 1.88 bits per heavy atom. The van der Waals surface area contributed by atoms with Crippen LogP contribution in [0.2, 0.25) is 0 Å². The molecule has 0 aliphatic rings. The standard InChI is InChI=1S/C20H17N3OS/c1-12-6-7-16(13(2)8-12)17-10-25-20-18(17)19(21-11-22-20)23-14-4-3-5-15(24)9-14/h3-11,24H,1-2H3,(H,21,22,23). The Kier molecular flexibility index (Phi) is 3.86. The van der Waals surface area contributed by atoms with E-state index in [4.69, 9.17) is 0 Å². The number of thiophene rings is 1. The largest absolute Gasteiger partial charge is 0.508 e. The van der Waals surface area contributed by atoms with Crippen molar-refractivity contribution in [2.75, 3.05) is 5.32 Å². The summed E-state index contributed by atoms with van der Waals surface area (Å²) in [4.78, 5) is 9.79. The van der Waals surface area contributed by atoms with Crippen LogP contribution < -0.4 is 5.32 Å². The van der Waals surface area contributed by atoms with Gasteiger partial charge in [0.25, 0.3) is 0 Å². The third kappa shape index (κ3) is 2.94. The van der Waals surface area contributed by atoms with E-state index >= 15 is 0 Å². The quantitative estimate of drug-likeness (QED) is 0.519. The maximum absolute atomic E-state index is 9.69. The van der Waals surface area contributed by atoms with E-state index in [9.17, 15) is 5.11 Å². The summed E-state index contributed by atoms with van der Waals surface area (Å²) in [6, 6.07) is 13.5. The summed E-state index contributed by atoms with van der Waals surface area (Å²) in [6.07, 6.45) is 1.57. The van der Waals surface area contributed by atoms with Crippen molar-refractivity contribution in [3.8, 4) is 16.9 Å². The van der Waals surface area contributed by atoms with Crippen LogP contribution in [0.1, 0.15) is 11.1 Å². The van der Waals surface area contributed by atoms with E-state index < -0.39 is 0 Å². The molecule has 0 saturated heterocycles. The molecule has 0 fully saturated rings. The number of nitrogens with zero attached hydrogens (tertiary/aromatic N) is 2. The van der Waals surface area contributed by atoms with Gasteiger partial charge in [-0.25, -0.2) is 9.97 Å². The number of phenols is 1. The van der Waals surface area contributed by atoms with Crippen LogP contribution >= 0.6 is 11.3 Å². The van der Waals surface area contributed by atoms with Crippen molar-refractivity contribution >= 4 is 33.1 Å². The van der Waals surface area contributed by atoms with Crippen molar-refractivity contribution in [3.63, 3.8) is 0 Å². The smallest absolute Gasteiger partial charge is 0.143 e. The number of anilines is 2. The zero-order valence-electron chi connectivity index (χ0n) is 13.9. The highest BCUT2D eigenvalue weighted by Crippen LogP contribution is 2.39. The molecule has 0 saturated carbocycles. The van der Waals surface area contributed by atoms with Crippen molar-refractivity contribution in [1.82, 2.24) is 9.97 Å². The number of rotatable bonds is 3. The van der Waals surface area contributed by atoms with Crippen LogP contribution in [0, 0.1) is 13.8 Å². The lowest BCUT2D eigenvalue weighted by Crippen LogP contribution is -1.95. The van der Waals surface area contributed by atoms with E-state index in [1.807, 2.05) is 6.07 Å². The summed E-state index contributed by atoms with van der Waals surface area (Å²) < 4.78 is 0. The van der Waals surface area contributed by atoms with Crippen molar-refractivity contribution in [2.45, 2.75) is 13.8 Å². The second-order valence-electron chi connectivity index (χ2n) is 6.05. The van der Waals surface area contributed by atoms with Crippen LogP contribution in [0.4, 0.5) is 11.5 Å². The molecule has 0 aliphatic carbocycles. The topological polar surface area (TPSA) is 58.0 Å². The Labute approximate surface area is 149 Å². The first-order valence-corrected chi connectivity index (χ1v) is 8.85. The minimum atomic E-state index is 0.218. The highest BCUT2D eigenvalue weighted by molar-refractivity contribution is 7.17. The van der Waals surface area contributed by atoms with Crippen molar-refractivity contribution in [3.05, 3.63) is 65.3 Å². The second kappa shape index (κ2) is 6.18. The molecule has 4 rings (SSSR count). The molecule has 4 aromatic rings. The van der Waals surface area contributed by atoms with Crippen LogP contribution in [-0.4, -0.2) is 15.1 Å². The number of aryl methyl sites for hydroxylation is 2. The van der Waals surface area contributed by atoms with E-state index in [1.165, 1.54) is 16.7 Å². The SMILES string of the molecule is Cc1ccc(-c2csc3ncnc(Nc4cccc(O)c4)c23)c(C)c1. The lowest BCUT2D eigenvalue weighted by molar-refractivity contribution is 0.475. The predicted octanol–water partition coefficient (Wildman–Crippen LogP) is 5.42. The number of aromatic nitrogens is 2. The minimum Gasteiger partial charge on any atom is -0.508 e. The molecule has 0 unspecified atom stereocenters. The predicted molar refractivity (Wildman–Crippen MR) is 104 cm³/mol. The molecule has 2 aromatic carbocycles. The normalized spacial score (nSPS) is 11.0. The van der Waals surface area contributed by atoms with Gasteiger partial charge in [0.2, 0.25) is 0 Å². The summed E-state index contributed by atoms with van der Waals surface area (Å²) in [5.74, 6) is 0.960. The van der Waals surface area contributed by atoms with Gasteiger partial charge in [-0.3, -0.25) is 0 Å². The van der Waals surface area contributed by atoms with Gasteiger partial charge in [0, 0.05) is 22.7 Å². The fourth-order valence-electron chi connectivity index (χ4n) is 3.00. The van der Waals surface area contributed by atoms with Crippen molar-refractivity contribution in [1.29, 1.82) is 0 Å². The molecule has 4 nitrogen and oxygen atoms in total. The van der Waals surface area contributed by atoms with Crippen LogP contribution in [0.15, 0.2) is 54.2 Å². The average molecular weight is 347 g/mol. The van der Waals surface area contributed by atoms with Gasteiger partial charge in [-0.2, -0.15) is 0 Å². The van der Waals surface area contributed by atoms with Crippen molar-refractivity contribution < 1.29 is 5.11 Å². The number of hydrogen-bond donors (Lipinski definition) is 2. The lowest BCUT2D eigenvalue weighted by Gasteiger charge is -2.10. The molecule has 0 spiro atoms. The molecule has 25 heavy (non-hydrogen) atoms. The molecule has 0 aliphatic heterocycles. The Hall–Kier alpha value is -2.92. The summed E-state index contributed by atoms with van der Waals surface area (Å²) in [6.45, 7) is 4.22. The van der Waals surface area contributed by atoms with E-state index in [1.54, 1.807) is 35.9 Å². The lowest BCUT2D eigenvalue weighted by atomic mass is 9.99. The highest BCUT2D eigenvalue weighted by Gasteiger charge is 2.15. The highest BCUT2D eigenvalue weighted by atomic mass is 32.1. The molecular formula is C20H17N3OS. The van der Waals surface area contributed by atoms with Gasteiger partial charge >= 0.3 is 0 Å². The molecule has 2 heterocycles. The Morgan fingerprint density at radius 1 is 1.00 bits per heavy atom. The summed E-state index contributed by atoms with van der Waals surface area (Å²) in [5.41, 5.74) is 5.58. The molecule has 0 bridgehead atoms. The molecule has 2 N–H and O–H groups in total. The van der Waals surface area contributed by atoms with E-state index in [-0.39, 0.29) is 5.75 Å². The molecule has 5 heteroatoms. The van der Waals surface area contributed by atoms with E-state index in [2.05, 4.69) is 52.7 Å². The molecule has 0 radical (unpaired) electrons. The average Bonchev–Trinajstić information content (AvgIpc) is 3.00. The van der Waals surface area contributed by atoms with E-state index in [0.717, 1.165) is 27.3 Å². The third-order valence-electron chi connectivity index (χ3n) is 4.15. The number of hydrogen-bond acceptors (Lipinski definition) is 5. The zero-order chi connectivity index (χ0) is 17.4. The molecule has 0 amide bonds. The molecule has 124 valence electrons. The van der Waals surface area contributed by atoms with Crippen LogP contribution in [0.25, 0.3) is 21.3 Å². The summed E-state index contributed by atoms with van der Waals surface area (Å²) in [7, 11) is 0. The first kappa shape index (κ1) is 15.6. The minimum absolute atomic E-state index is 0.218. The van der Waals surface area contributed by atoms with Gasteiger partial charge in [0.15, 0.2) is 0 Å². The summed E-state index contributed by atoms with van der Waals surface area (Å²) in [5, 5.41) is 16.1. The van der Waals surface area contributed by atoms with Crippen LogP contribution in [0.5, 0.6) is 5.75 Å². The first-order valence-electron chi connectivity index (χ1n) is 7.98. The van der Waals surface area contributed by atoms with Gasteiger partial charge in [0.05, 0.1) is 5.39 Å². The first-order chi connectivity index (χ1) is 12.1. The zero-order valence-corrected chi connectivity index (χ0v) is 14.8. The molecule has 0 atom stereocenters. The van der Waals surface area contributed by atoms with Crippen LogP contribution in [0.3, 0.4) is 0 Å². The maximum atomic E-state index is 9.69. The number of fused-ring (bicyclic) bond motifs is 1. The molecule has 2 aromatic heterocycles. The van der Waals surface area contributed by atoms with Gasteiger partial charge in [-0.1, -0.05) is 29.8 Å². The number of aromatic hydroxyl groups is 1. The maximum Gasteiger partial charge on any atom is 0.143 e. The van der Waals surface area contributed by atoms with Gasteiger partial charge in [-0.05, 0) is 37.1 Å². The number of phenolic OH excluding ortho intramolecular Hbond substituents is 1. The number of nitrogens with one attached hydrogen (secondary N) is 1. The van der Waals surface area contributed by atoms with Crippen LogP contribution in [-0.2, 0) is 0 Å². The van der Waals surface area contributed by atoms with Gasteiger partial charge in [-0.15, -0.1) is 11.3 Å². The Bertz CT molecular complexity index is 1070. The molecular weight excluding hydrogens is 330 g/mol. The van der Waals surface area contributed by atoms with Gasteiger partial charge in [0.1, 0.15) is 22.7 Å². The van der Waals surface area contributed by atoms with Crippen molar-refractivity contribution in [2.24, 2.45) is 0 Å². The fourth-order valence-corrected chi connectivity index (χ4v) is 3.91. The Morgan fingerprint density at radius 3 is 2.68 bits per heavy atom.